The first kappa shape index (κ1) is 24.6. The minimum absolute atomic E-state index is 0.125. The monoisotopic (exact) mass is 505 g/mol. The van der Waals surface area contributed by atoms with Gasteiger partial charge in [0.15, 0.2) is 23.1 Å². The highest BCUT2D eigenvalue weighted by atomic mass is 35.5. The van der Waals surface area contributed by atoms with E-state index in [9.17, 15) is 9.59 Å². The molecule has 5 rings (SSSR count). The van der Waals surface area contributed by atoms with Gasteiger partial charge in [0.1, 0.15) is 0 Å². The molecule has 0 N–H and O–H groups in total. The molecule has 0 bridgehead atoms. The number of carbonyl (C=O) groups is 2. The number of Topliss-reactive ketones (excluding diaryl/α,β-unsaturated/α-hetero) is 2. The van der Waals surface area contributed by atoms with Crippen LogP contribution in [0.2, 0.25) is 5.02 Å². The number of halogens is 1. The van der Waals surface area contributed by atoms with Crippen LogP contribution >= 0.6 is 11.6 Å². The summed E-state index contributed by atoms with van der Waals surface area (Å²) in [5.41, 5.74) is 5.72. The Morgan fingerprint density at radius 1 is 0.944 bits per heavy atom. The summed E-state index contributed by atoms with van der Waals surface area (Å²) in [5, 5.41) is 0.425. The zero-order valence-corrected chi connectivity index (χ0v) is 21.7. The fourth-order valence-corrected chi connectivity index (χ4v) is 6.17. The Morgan fingerprint density at radius 2 is 1.58 bits per heavy atom. The molecule has 0 amide bonds. The molecule has 2 aromatic carbocycles. The smallest absolute Gasteiger partial charge is 0.179 e. The standard InChI is InChI=1S/C30H32ClNO4/c1-3-36-30-21(31)17-20(18-26(30)35-2)27-28-22(11-7-13-24(28)33)32(16-15-19-9-5-4-6-10-19)23-12-8-14-25(34)29(23)27/h4-6,9-10,17-18,27H,3,7-8,11-16H2,1-2H3. The van der Waals surface area contributed by atoms with Gasteiger partial charge >= 0.3 is 0 Å². The Morgan fingerprint density at radius 3 is 2.17 bits per heavy atom. The van der Waals surface area contributed by atoms with E-state index in [2.05, 4.69) is 17.0 Å². The second-order valence-electron chi connectivity index (χ2n) is 9.56. The summed E-state index contributed by atoms with van der Waals surface area (Å²) in [6, 6.07) is 14.1. The molecule has 0 aromatic heterocycles. The van der Waals surface area contributed by atoms with Gasteiger partial charge in [-0.15, -0.1) is 0 Å². The largest absolute Gasteiger partial charge is 0.493 e. The van der Waals surface area contributed by atoms with E-state index < -0.39 is 5.92 Å². The number of hydrogen-bond donors (Lipinski definition) is 0. The Balaban J connectivity index is 1.65. The average Bonchev–Trinajstić information content (AvgIpc) is 2.89. The molecule has 5 nitrogen and oxygen atoms in total. The number of carbonyl (C=O) groups excluding carboxylic acids is 2. The Bertz CT molecular complexity index is 1200. The molecule has 0 unspecified atom stereocenters. The lowest BCUT2D eigenvalue weighted by Gasteiger charge is -2.44. The number of hydrogen-bond acceptors (Lipinski definition) is 5. The summed E-state index contributed by atoms with van der Waals surface area (Å²) in [4.78, 5) is 29.3. The second-order valence-corrected chi connectivity index (χ2v) is 9.97. The van der Waals surface area contributed by atoms with Crippen molar-refractivity contribution in [3.05, 3.63) is 81.2 Å². The lowest BCUT2D eigenvalue weighted by atomic mass is 9.71. The van der Waals surface area contributed by atoms with Gasteiger partial charge in [-0.3, -0.25) is 9.59 Å². The lowest BCUT2D eigenvalue weighted by Crippen LogP contribution is -2.40. The maximum Gasteiger partial charge on any atom is 0.179 e. The normalized spacial score (nSPS) is 18.4. The first-order valence-corrected chi connectivity index (χ1v) is 13.3. The van der Waals surface area contributed by atoms with E-state index in [1.807, 2.05) is 37.3 Å². The Hall–Kier alpha value is -3.05. The van der Waals surface area contributed by atoms with Gasteiger partial charge in [0.05, 0.1) is 18.7 Å². The van der Waals surface area contributed by atoms with Gasteiger partial charge in [-0.25, -0.2) is 0 Å². The van der Waals surface area contributed by atoms with E-state index in [1.165, 1.54) is 5.56 Å². The highest BCUT2D eigenvalue weighted by molar-refractivity contribution is 6.32. The van der Waals surface area contributed by atoms with Crippen molar-refractivity contribution in [3.8, 4) is 11.5 Å². The maximum absolute atomic E-state index is 13.5. The van der Waals surface area contributed by atoms with Crippen molar-refractivity contribution in [2.75, 3.05) is 20.3 Å². The quantitative estimate of drug-likeness (QED) is 0.435. The van der Waals surface area contributed by atoms with Crippen molar-refractivity contribution in [1.82, 2.24) is 4.90 Å². The SMILES string of the molecule is CCOc1c(Cl)cc(C2C3=C(CCCC3=O)N(CCc3ccccc3)C3=C2C(=O)CCC3)cc1OC. The van der Waals surface area contributed by atoms with Crippen LogP contribution in [0.3, 0.4) is 0 Å². The number of allylic oxidation sites excluding steroid dienone is 4. The Kier molecular flexibility index (Phi) is 7.20. The van der Waals surface area contributed by atoms with Gasteiger partial charge in [-0.05, 0) is 62.3 Å². The highest BCUT2D eigenvalue weighted by Crippen LogP contribution is 2.51. The number of nitrogens with zero attached hydrogens (tertiary/aromatic N) is 1. The van der Waals surface area contributed by atoms with E-state index in [-0.39, 0.29) is 11.6 Å². The summed E-state index contributed by atoms with van der Waals surface area (Å²) in [5.74, 6) is 0.825. The molecule has 0 saturated heterocycles. The topological polar surface area (TPSA) is 55.8 Å². The van der Waals surface area contributed by atoms with Gasteiger partial charge in [-0.2, -0.15) is 0 Å². The number of rotatable bonds is 7. The number of ketones is 2. The van der Waals surface area contributed by atoms with E-state index in [0.29, 0.717) is 36.0 Å². The third kappa shape index (κ3) is 4.45. The molecule has 2 aromatic rings. The summed E-state index contributed by atoms with van der Waals surface area (Å²) >= 11 is 6.66. The molecule has 3 aliphatic rings. The van der Waals surface area contributed by atoms with Crippen molar-refractivity contribution in [3.63, 3.8) is 0 Å². The molecule has 0 fully saturated rings. The summed E-state index contributed by atoms with van der Waals surface area (Å²) in [7, 11) is 1.58. The van der Waals surface area contributed by atoms with Gasteiger partial charge in [0.2, 0.25) is 0 Å². The molecular weight excluding hydrogens is 474 g/mol. The predicted octanol–water partition coefficient (Wildman–Crippen LogP) is 6.40. The van der Waals surface area contributed by atoms with Gasteiger partial charge in [0, 0.05) is 47.8 Å². The van der Waals surface area contributed by atoms with Crippen molar-refractivity contribution in [2.45, 2.75) is 57.8 Å². The van der Waals surface area contributed by atoms with Crippen molar-refractivity contribution in [2.24, 2.45) is 0 Å². The van der Waals surface area contributed by atoms with Gasteiger partial charge in [-0.1, -0.05) is 41.9 Å². The van der Waals surface area contributed by atoms with E-state index in [4.69, 9.17) is 21.1 Å². The van der Waals surface area contributed by atoms with Crippen LogP contribution in [0, 0.1) is 0 Å². The first-order chi connectivity index (χ1) is 17.5. The van der Waals surface area contributed by atoms with Crippen molar-refractivity contribution in [1.29, 1.82) is 0 Å². The van der Waals surface area contributed by atoms with Crippen molar-refractivity contribution >= 4 is 23.2 Å². The molecule has 2 aliphatic carbocycles. The maximum atomic E-state index is 13.5. The van der Waals surface area contributed by atoms with Crippen LogP contribution < -0.4 is 9.47 Å². The molecule has 1 aliphatic heterocycles. The molecule has 36 heavy (non-hydrogen) atoms. The molecular formula is C30H32ClNO4. The van der Waals surface area contributed by atoms with Crippen LogP contribution in [0.1, 0.15) is 62.5 Å². The molecule has 0 saturated carbocycles. The predicted molar refractivity (Wildman–Crippen MR) is 141 cm³/mol. The molecule has 1 heterocycles. The van der Waals surface area contributed by atoms with Crippen LogP contribution in [0.25, 0.3) is 0 Å². The minimum Gasteiger partial charge on any atom is -0.493 e. The van der Waals surface area contributed by atoms with E-state index in [0.717, 1.165) is 66.8 Å². The third-order valence-electron chi connectivity index (χ3n) is 7.43. The van der Waals surface area contributed by atoms with E-state index >= 15 is 0 Å². The van der Waals surface area contributed by atoms with Crippen LogP contribution in [-0.2, 0) is 16.0 Å². The summed E-state index contributed by atoms with van der Waals surface area (Å²) in [6.07, 6.45) is 5.18. The molecule has 0 spiro atoms. The second kappa shape index (κ2) is 10.5. The molecule has 6 heteroatoms. The minimum atomic E-state index is -0.425. The average molecular weight is 506 g/mol. The Labute approximate surface area is 217 Å². The summed E-state index contributed by atoms with van der Waals surface area (Å²) < 4.78 is 11.3. The van der Waals surface area contributed by atoms with Crippen LogP contribution in [0.4, 0.5) is 0 Å². The zero-order chi connectivity index (χ0) is 25.2. The van der Waals surface area contributed by atoms with E-state index in [1.54, 1.807) is 7.11 Å². The first-order valence-electron chi connectivity index (χ1n) is 12.9. The zero-order valence-electron chi connectivity index (χ0n) is 20.9. The van der Waals surface area contributed by atoms with Gasteiger partial charge < -0.3 is 14.4 Å². The number of ether oxygens (including phenoxy) is 2. The number of benzene rings is 2. The number of methoxy groups -OCH3 is 1. The van der Waals surface area contributed by atoms with Crippen LogP contribution in [0.5, 0.6) is 11.5 Å². The molecule has 0 atom stereocenters. The lowest BCUT2D eigenvalue weighted by molar-refractivity contribution is -0.117. The fourth-order valence-electron chi connectivity index (χ4n) is 5.90. The third-order valence-corrected chi connectivity index (χ3v) is 7.71. The summed E-state index contributed by atoms with van der Waals surface area (Å²) in [6.45, 7) is 3.10. The highest BCUT2D eigenvalue weighted by Gasteiger charge is 2.43. The van der Waals surface area contributed by atoms with Crippen LogP contribution in [-0.4, -0.2) is 36.7 Å². The fraction of sp³-hybridized carbons (Fsp3) is 0.400. The van der Waals surface area contributed by atoms with Crippen LogP contribution in [0.15, 0.2) is 65.0 Å². The van der Waals surface area contributed by atoms with Crippen molar-refractivity contribution < 1.29 is 19.1 Å². The molecule has 0 radical (unpaired) electrons. The van der Waals surface area contributed by atoms with Gasteiger partial charge in [0.25, 0.3) is 0 Å². The molecule has 188 valence electrons.